The van der Waals surface area contributed by atoms with Gasteiger partial charge in [-0.05, 0) is 31.0 Å². The van der Waals surface area contributed by atoms with E-state index in [-0.39, 0.29) is 28.8 Å². The van der Waals surface area contributed by atoms with Gasteiger partial charge in [-0.1, -0.05) is 6.07 Å². The molecule has 1 saturated carbocycles. The fourth-order valence-electron chi connectivity index (χ4n) is 4.20. The molecule has 0 bridgehead atoms. The standard InChI is InChI=1S/C18H24N4O5/c1-10(11-2-5-15-16(8-11)27-7-6-26-15)19-18(23)17-13-9-12(22(24)25)3-4-14(13)20-21-17/h2,5,8,10,12-14,17,20-21H,3-4,6-7,9H2,1H3,(H,19,23). The van der Waals surface area contributed by atoms with Crippen LogP contribution < -0.4 is 25.6 Å². The highest BCUT2D eigenvalue weighted by Crippen LogP contribution is 2.34. The van der Waals surface area contributed by atoms with Crippen LogP contribution in [-0.2, 0) is 4.79 Å². The Morgan fingerprint density at radius 2 is 2.04 bits per heavy atom. The van der Waals surface area contributed by atoms with E-state index >= 15 is 0 Å². The molecule has 2 aliphatic heterocycles. The lowest BCUT2D eigenvalue weighted by Gasteiger charge is -2.29. The lowest BCUT2D eigenvalue weighted by Crippen LogP contribution is -2.47. The predicted octanol–water partition coefficient (Wildman–Crippen LogP) is 0.925. The number of hydrogen-bond donors (Lipinski definition) is 3. The number of ether oxygens (including phenoxy) is 2. The molecular weight excluding hydrogens is 352 g/mol. The Labute approximate surface area is 156 Å². The van der Waals surface area contributed by atoms with Crippen LogP contribution in [0.5, 0.6) is 11.5 Å². The minimum atomic E-state index is -0.571. The van der Waals surface area contributed by atoms with Crippen LogP contribution in [0.1, 0.15) is 37.8 Å². The van der Waals surface area contributed by atoms with E-state index < -0.39 is 12.1 Å². The van der Waals surface area contributed by atoms with Gasteiger partial charge in [0.1, 0.15) is 19.3 Å². The zero-order valence-corrected chi connectivity index (χ0v) is 15.1. The van der Waals surface area contributed by atoms with Crippen LogP contribution in [0.2, 0.25) is 0 Å². The quantitative estimate of drug-likeness (QED) is 0.529. The molecule has 1 saturated heterocycles. The number of carbonyl (C=O) groups is 1. The van der Waals surface area contributed by atoms with Gasteiger partial charge in [0, 0.05) is 29.7 Å². The zero-order valence-electron chi connectivity index (χ0n) is 15.1. The minimum absolute atomic E-state index is 0.0818. The molecule has 3 N–H and O–H groups in total. The highest BCUT2D eigenvalue weighted by Gasteiger charge is 2.46. The summed E-state index contributed by atoms with van der Waals surface area (Å²) in [4.78, 5) is 23.7. The Balaban J connectivity index is 1.42. The average molecular weight is 376 g/mol. The second kappa shape index (κ2) is 7.32. The molecule has 27 heavy (non-hydrogen) atoms. The lowest BCUT2D eigenvalue weighted by atomic mass is 9.79. The molecule has 9 heteroatoms. The second-order valence-electron chi connectivity index (χ2n) is 7.42. The van der Waals surface area contributed by atoms with Crippen molar-refractivity contribution >= 4 is 5.91 Å². The van der Waals surface area contributed by atoms with Crippen molar-refractivity contribution in [3.05, 3.63) is 33.9 Å². The average Bonchev–Trinajstić information content (AvgIpc) is 3.10. The number of hydrogen-bond acceptors (Lipinski definition) is 7. The third-order valence-electron chi connectivity index (χ3n) is 5.73. The summed E-state index contributed by atoms with van der Waals surface area (Å²) in [6.45, 7) is 2.95. The normalized spacial score (nSPS) is 30.3. The first-order chi connectivity index (χ1) is 13.0. The SMILES string of the molecule is CC(NC(=O)C1NNC2CCC([N+](=O)[O-])CC21)c1ccc2c(c1)OCCO2. The number of carbonyl (C=O) groups excluding carboxylic acids is 1. The summed E-state index contributed by atoms with van der Waals surface area (Å²) in [6, 6.07) is 4.47. The molecule has 1 amide bonds. The zero-order chi connectivity index (χ0) is 19.0. The Morgan fingerprint density at radius 3 is 2.81 bits per heavy atom. The van der Waals surface area contributed by atoms with Gasteiger partial charge < -0.3 is 14.8 Å². The predicted molar refractivity (Wildman–Crippen MR) is 96.0 cm³/mol. The Hall–Kier alpha value is -2.39. The van der Waals surface area contributed by atoms with Crippen LogP contribution in [0.25, 0.3) is 0 Å². The molecular formula is C18H24N4O5. The largest absolute Gasteiger partial charge is 0.486 e. The first-order valence-electron chi connectivity index (χ1n) is 9.37. The first-order valence-corrected chi connectivity index (χ1v) is 9.37. The minimum Gasteiger partial charge on any atom is -0.486 e. The molecule has 0 aromatic heterocycles. The van der Waals surface area contributed by atoms with Gasteiger partial charge >= 0.3 is 0 Å². The number of fused-ring (bicyclic) bond motifs is 2. The molecule has 4 rings (SSSR count). The highest BCUT2D eigenvalue weighted by atomic mass is 16.6. The summed E-state index contributed by atoms with van der Waals surface area (Å²) in [5.74, 6) is 1.16. The molecule has 1 aromatic carbocycles. The summed E-state index contributed by atoms with van der Waals surface area (Å²) in [7, 11) is 0. The summed E-state index contributed by atoms with van der Waals surface area (Å²) in [6.07, 6.45) is 1.66. The van der Waals surface area contributed by atoms with Crippen molar-refractivity contribution in [2.75, 3.05) is 13.2 Å². The Bertz CT molecular complexity index is 742. The molecule has 0 radical (unpaired) electrons. The molecule has 2 heterocycles. The maximum atomic E-state index is 12.8. The van der Waals surface area contributed by atoms with E-state index in [9.17, 15) is 14.9 Å². The summed E-state index contributed by atoms with van der Waals surface area (Å²) < 4.78 is 11.1. The molecule has 3 aliphatic rings. The van der Waals surface area contributed by atoms with Crippen molar-refractivity contribution in [2.45, 2.75) is 50.4 Å². The van der Waals surface area contributed by atoms with Crippen molar-refractivity contribution in [3.8, 4) is 11.5 Å². The van der Waals surface area contributed by atoms with Crippen LogP contribution in [-0.4, -0.2) is 42.2 Å². The molecule has 1 aromatic rings. The number of rotatable bonds is 4. The van der Waals surface area contributed by atoms with E-state index in [1.165, 1.54) is 0 Å². The van der Waals surface area contributed by atoms with Crippen LogP contribution in [0, 0.1) is 16.0 Å². The van der Waals surface area contributed by atoms with E-state index in [1.807, 2.05) is 25.1 Å². The van der Waals surface area contributed by atoms with Crippen molar-refractivity contribution in [1.29, 1.82) is 0 Å². The maximum absolute atomic E-state index is 12.8. The number of benzene rings is 1. The van der Waals surface area contributed by atoms with E-state index in [0.717, 1.165) is 5.56 Å². The number of hydrazine groups is 1. The highest BCUT2D eigenvalue weighted by molar-refractivity contribution is 5.83. The molecule has 5 unspecified atom stereocenters. The number of nitrogens with one attached hydrogen (secondary N) is 3. The molecule has 9 nitrogen and oxygen atoms in total. The Morgan fingerprint density at radius 1 is 1.26 bits per heavy atom. The van der Waals surface area contributed by atoms with E-state index in [0.29, 0.717) is 44.0 Å². The van der Waals surface area contributed by atoms with E-state index in [1.54, 1.807) is 0 Å². The molecule has 2 fully saturated rings. The smallest absolute Gasteiger partial charge is 0.239 e. The Kier molecular flexibility index (Phi) is 4.88. The van der Waals surface area contributed by atoms with Gasteiger partial charge in [0.05, 0.1) is 6.04 Å². The lowest BCUT2D eigenvalue weighted by molar-refractivity contribution is -0.528. The van der Waals surface area contributed by atoms with Crippen LogP contribution >= 0.6 is 0 Å². The van der Waals surface area contributed by atoms with Crippen molar-refractivity contribution in [2.24, 2.45) is 5.92 Å². The van der Waals surface area contributed by atoms with Gasteiger partial charge in [-0.25, -0.2) is 5.43 Å². The van der Waals surface area contributed by atoms with Gasteiger partial charge in [0.25, 0.3) is 0 Å². The van der Waals surface area contributed by atoms with E-state index in [4.69, 9.17) is 9.47 Å². The molecule has 146 valence electrons. The van der Waals surface area contributed by atoms with Gasteiger partial charge in [-0.2, -0.15) is 0 Å². The summed E-state index contributed by atoms with van der Waals surface area (Å²) >= 11 is 0. The molecule has 0 spiro atoms. The van der Waals surface area contributed by atoms with Crippen molar-refractivity contribution < 1.29 is 19.2 Å². The number of amides is 1. The second-order valence-corrected chi connectivity index (χ2v) is 7.42. The summed E-state index contributed by atoms with van der Waals surface area (Å²) in [5.41, 5.74) is 7.09. The van der Waals surface area contributed by atoms with Gasteiger partial charge in [0.2, 0.25) is 11.9 Å². The monoisotopic (exact) mass is 376 g/mol. The van der Waals surface area contributed by atoms with E-state index in [2.05, 4.69) is 16.2 Å². The molecule has 1 aliphatic carbocycles. The third-order valence-corrected chi connectivity index (χ3v) is 5.73. The number of nitro groups is 1. The van der Waals surface area contributed by atoms with Crippen molar-refractivity contribution in [3.63, 3.8) is 0 Å². The van der Waals surface area contributed by atoms with Gasteiger partial charge in [0.15, 0.2) is 11.5 Å². The number of nitrogens with zero attached hydrogens (tertiary/aromatic N) is 1. The first kappa shape index (κ1) is 18.0. The topological polar surface area (TPSA) is 115 Å². The van der Waals surface area contributed by atoms with Crippen LogP contribution in [0.4, 0.5) is 0 Å². The van der Waals surface area contributed by atoms with Gasteiger partial charge in [-0.3, -0.25) is 20.3 Å². The van der Waals surface area contributed by atoms with Crippen LogP contribution in [0.15, 0.2) is 18.2 Å². The fraction of sp³-hybridized carbons (Fsp3) is 0.611. The molecule has 5 atom stereocenters. The maximum Gasteiger partial charge on any atom is 0.239 e. The third kappa shape index (κ3) is 3.57. The summed E-state index contributed by atoms with van der Waals surface area (Å²) in [5, 5.41) is 14.2. The van der Waals surface area contributed by atoms with Crippen molar-refractivity contribution in [1.82, 2.24) is 16.2 Å². The van der Waals surface area contributed by atoms with Crippen LogP contribution in [0.3, 0.4) is 0 Å². The fourth-order valence-corrected chi connectivity index (χ4v) is 4.20. The van der Waals surface area contributed by atoms with Gasteiger partial charge in [-0.15, -0.1) is 0 Å².